The lowest BCUT2D eigenvalue weighted by Gasteiger charge is -2.13. The van der Waals surface area contributed by atoms with Gasteiger partial charge in [-0.3, -0.25) is 10.1 Å². The van der Waals surface area contributed by atoms with Gasteiger partial charge in [0.2, 0.25) is 5.91 Å². The topological polar surface area (TPSA) is 59.6 Å². The summed E-state index contributed by atoms with van der Waals surface area (Å²) >= 11 is 3.44. The van der Waals surface area contributed by atoms with E-state index in [1.807, 2.05) is 26.0 Å². The van der Waals surface area contributed by atoms with E-state index < -0.39 is 0 Å². The third kappa shape index (κ3) is 5.55. The quantitative estimate of drug-likeness (QED) is 0.553. The summed E-state index contributed by atoms with van der Waals surface area (Å²) < 4.78 is 11.5. The summed E-state index contributed by atoms with van der Waals surface area (Å²) in [5, 5.41) is 6.00. The Morgan fingerprint density at radius 2 is 1.90 bits per heavy atom. The Kier molecular flexibility index (Phi) is 7.53. The molecule has 0 bridgehead atoms. The molecular weight excluding hydrogens is 336 g/mol. The van der Waals surface area contributed by atoms with E-state index in [2.05, 4.69) is 26.6 Å². The van der Waals surface area contributed by atoms with Crippen LogP contribution in [-0.2, 0) is 11.2 Å². The van der Waals surface area contributed by atoms with Gasteiger partial charge in [0.1, 0.15) is 11.5 Å². The second-order valence-corrected chi connectivity index (χ2v) is 5.78. The predicted molar refractivity (Wildman–Crippen MR) is 86.8 cm³/mol. The number of nitrogens with one attached hydrogen (secondary N) is 2. The average Bonchev–Trinajstić information content (AvgIpc) is 2.47. The zero-order chi connectivity index (χ0) is 15.8. The number of amides is 1. The zero-order valence-electron chi connectivity index (χ0n) is 13.0. The molecule has 2 N–H and O–H groups in total. The van der Waals surface area contributed by atoms with Crippen molar-refractivity contribution in [2.24, 2.45) is 5.92 Å². The van der Waals surface area contributed by atoms with Gasteiger partial charge in [0.05, 0.1) is 25.4 Å². The lowest BCUT2D eigenvalue weighted by Crippen LogP contribution is -2.36. The molecule has 6 heteroatoms. The Labute approximate surface area is 134 Å². The van der Waals surface area contributed by atoms with Crippen molar-refractivity contribution < 1.29 is 14.3 Å². The smallest absolute Gasteiger partial charge is 0.223 e. The normalized spacial score (nSPS) is 10.6. The fraction of sp³-hybridized carbons (Fsp3) is 0.533. The van der Waals surface area contributed by atoms with Crippen molar-refractivity contribution in [3.8, 4) is 11.5 Å². The lowest BCUT2D eigenvalue weighted by atomic mass is 10.1. The van der Waals surface area contributed by atoms with Gasteiger partial charge in [-0.1, -0.05) is 13.8 Å². The van der Waals surface area contributed by atoms with Crippen LogP contribution < -0.4 is 20.1 Å². The van der Waals surface area contributed by atoms with Crippen LogP contribution in [0.5, 0.6) is 11.5 Å². The zero-order valence-corrected chi connectivity index (χ0v) is 14.5. The number of benzene rings is 1. The van der Waals surface area contributed by atoms with Crippen molar-refractivity contribution in [1.29, 1.82) is 0 Å². The van der Waals surface area contributed by atoms with Gasteiger partial charge in [0, 0.05) is 12.5 Å². The second-order valence-electron chi connectivity index (χ2n) is 4.92. The first-order valence-corrected chi connectivity index (χ1v) is 7.67. The molecule has 0 spiro atoms. The van der Waals surface area contributed by atoms with E-state index in [-0.39, 0.29) is 11.8 Å². The Hall–Kier alpha value is -1.27. The molecule has 0 aliphatic carbocycles. The highest BCUT2D eigenvalue weighted by Gasteiger charge is 2.09. The monoisotopic (exact) mass is 358 g/mol. The van der Waals surface area contributed by atoms with Crippen molar-refractivity contribution >= 4 is 21.8 Å². The number of methoxy groups -OCH3 is 2. The first-order chi connectivity index (χ1) is 9.99. The molecule has 0 aliphatic heterocycles. The molecule has 0 unspecified atom stereocenters. The van der Waals surface area contributed by atoms with Crippen LogP contribution in [0, 0.1) is 5.92 Å². The summed E-state index contributed by atoms with van der Waals surface area (Å²) in [5.41, 5.74) is 1.06. The maximum absolute atomic E-state index is 11.4. The Morgan fingerprint density at radius 1 is 1.24 bits per heavy atom. The van der Waals surface area contributed by atoms with E-state index in [0.29, 0.717) is 6.67 Å². The molecule has 0 aromatic heterocycles. The number of hydrogen-bond donors (Lipinski definition) is 2. The van der Waals surface area contributed by atoms with E-state index in [1.165, 1.54) is 0 Å². The summed E-state index contributed by atoms with van der Waals surface area (Å²) in [6, 6.07) is 3.85. The van der Waals surface area contributed by atoms with E-state index in [0.717, 1.165) is 34.5 Å². The first-order valence-electron chi connectivity index (χ1n) is 6.88. The number of carbonyl (C=O) groups excluding carboxylic acids is 1. The van der Waals surface area contributed by atoms with Gasteiger partial charge in [-0.05, 0) is 40.0 Å². The van der Waals surface area contributed by atoms with Crippen LogP contribution in [0.4, 0.5) is 0 Å². The number of halogens is 1. The number of carbonyl (C=O) groups is 1. The maximum Gasteiger partial charge on any atom is 0.223 e. The number of hydrogen-bond acceptors (Lipinski definition) is 4. The van der Waals surface area contributed by atoms with Crippen LogP contribution in [0.2, 0.25) is 0 Å². The SMILES string of the molecule is COc1cc(CCNCNC(=O)C(C)C)c(OC)cc1Br. The van der Waals surface area contributed by atoms with Gasteiger partial charge in [0.15, 0.2) is 0 Å². The standard InChI is InChI=1S/C15H23BrN2O3/c1-10(2)15(19)18-9-17-6-5-11-7-14(21-4)12(16)8-13(11)20-3/h7-8,10,17H,5-6,9H2,1-4H3,(H,18,19). The fourth-order valence-electron chi connectivity index (χ4n) is 1.78. The molecule has 5 nitrogen and oxygen atoms in total. The summed E-state index contributed by atoms with van der Waals surface area (Å²) in [5.74, 6) is 1.64. The van der Waals surface area contributed by atoms with Crippen molar-refractivity contribution in [2.75, 3.05) is 27.4 Å². The largest absolute Gasteiger partial charge is 0.496 e. The summed E-state index contributed by atoms with van der Waals surface area (Å²) in [4.78, 5) is 11.4. The van der Waals surface area contributed by atoms with Gasteiger partial charge in [-0.25, -0.2) is 0 Å². The Bertz CT molecular complexity index is 478. The molecule has 0 aliphatic rings. The molecule has 21 heavy (non-hydrogen) atoms. The summed E-state index contributed by atoms with van der Waals surface area (Å²) in [6.07, 6.45) is 0.782. The molecule has 0 fully saturated rings. The highest BCUT2D eigenvalue weighted by Crippen LogP contribution is 2.32. The van der Waals surface area contributed by atoms with E-state index in [4.69, 9.17) is 9.47 Å². The van der Waals surface area contributed by atoms with Gasteiger partial charge in [-0.2, -0.15) is 0 Å². The molecule has 0 atom stereocenters. The third-order valence-electron chi connectivity index (χ3n) is 3.04. The first kappa shape index (κ1) is 17.8. The van der Waals surface area contributed by atoms with Gasteiger partial charge >= 0.3 is 0 Å². The molecule has 1 aromatic rings. The van der Waals surface area contributed by atoms with Crippen LogP contribution in [0.3, 0.4) is 0 Å². The van der Waals surface area contributed by atoms with Crippen LogP contribution in [0.15, 0.2) is 16.6 Å². The van der Waals surface area contributed by atoms with Gasteiger partial charge in [0.25, 0.3) is 0 Å². The maximum atomic E-state index is 11.4. The van der Waals surface area contributed by atoms with E-state index in [9.17, 15) is 4.79 Å². The predicted octanol–water partition coefficient (Wildman–Crippen LogP) is 2.33. The molecule has 1 amide bonds. The fourth-order valence-corrected chi connectivity index (χ4v) is 2.27. The number of rotatable bonds is 8. The van der Waals surface area contributed by atoms with Crippen LogP contribution in [-0.4, -0.2) is 33.3 Å². The molecule has 0 saturated carbocycles. The average molecular weight is 359 g/mol. The second kappa shape index (κ2) is 8.89. The number of ether oxygens (including phenoxy) is 2. The van der Waals surface area contributed by atoms with Gasteiger partial charge < -0.3 is 14.8 Å². The van der Waals surface area contributed by atoms with Crippen molar-refractivity contribution in [1.82, 2.24) is 10.6 Å². The summed E-state index contributed by atoms with van der Waals surface area (Å²) in [6.45, 7) is 4.94. The van der Waals surface area contributed by atoms with E-state index >= 15 is 0 Å². The minimum atomic E-state index is 0.00243. The van der Waals surface area contributed by atoms with E-state index in [1.54, 1.807) is 14.2 Å². The van der Waals surface area contributed by atoms with Gasteiger partial charge in [-0.15, -0.1) is 0 Å². The highest BCUT2D eigenvalue weighted by molar-refractivity contribution is 9.10. The highest BCUT2D eigenvalue weighted by atomic mass is 79.9. The third-order valence-corrected chi connectivity index (χ3v) is 3.66. The minimum Gasteiger partial charge on any atom is -0.496 e. The molecule has 0 heterocycles. The minimum absolute atomic E-state index is 0.00243. The lowest BCUT2D eigenvalue weighted by molar-refractivity contribution is -0.124. The van der Waals surface area contributed by atoms with Crippen molar-refractivity contribution in [3.63, 3.8) is 0 Å². The van der Waals surface area contributed by atoms with Crippen LogP contribution >= 0.6 is 15.9 Å². The van der Waals surface area contributed by atoms with Crippen molar-refractivity contribution in [3.05, 3.63) is 22.2 Å². The molecule has 1 rings (SSSR count). The Balaban J connectivity index is 2.49. The molecule has 118 valence electrons. The van der Waals surface area contributed by atoms with Crippen LogP contribution in [0.1, 0.15) is 19.4 Å². The molecule has 1 aromatic carbocycles. The summed E-state index contributed by atoms with van der Waals surface area (Å²) in [7, 11) is 3.28. The van der Waals surface area contributed by atoms with Crippen LogP contribution in [0.25, 0.3) is 0 Å². The Morgan fingerprint density at radius 3 is 2.48 bits per heavy atom. The molecule has 0 radical (unpaired) electrons. The molecule has 0 saturated heterocycles. The molecular formula is C15H23BrN2O3. The van der Waals surface area contributed by atoms with Crippen molar-refractivity contribution in [2.45, 2.75) is 20.3 Å².